The summed E-state index contributed by atoms with van der Waals surface area (Å²) in [6, 6.07) is 10.3. The third kappa shape index (κ3) is 4.39. The van der Waals surface area contributed by atoms with E-state index < -0.39 is 12.1 Å². The third-order valence-corrected chi connectivity index (χ3v) is 4.22. The van der Waals surface area contributed by atoms with E-state index in [2.05, 4.69) is 0 Å². The minimum atomic E-state index is -0.942. The van der Waals surface area contributed by atoms with Crippen LogP contribution in [0.2, 0.25) is 0 Å². The van der Waals surface area contributed by atoms with E-state index in [4.69, 9.17) is 18.9 Å². The summed E-state index contributed by atoms with van der Waals surface area (Å²) >= 11 is 0. The Morgan fingerprint density at radius 3 is 2.04 bits per heavy atom. The van der Waals surface area contributed by atoms with Gasteiger partial charge in [0.1, 0.15) is 5.56 Å². The van der Waals surface area contributed by atoms with Crippen LogP contribution in [0.15, 0.2) is 36.4 Å². The number of ether oxygens (including phenoxy) is 4. The highest BCUT2D eigenvalue weighted by Gasteiger charge is 2.25. The molecule has 2 rings (SSSR count). The van der Waals surface area contributed by atoms with E-state index in [1.165, 1.54) is 27.4 Å². The molecule has 6 heteroatoms. The standard InChI is InChI=1S/C21H24O6/c1-6-14-7-9-15(10-8-14)18(22)13(2)27-21(23)16-11-12-17(24-3)20(26-5)19(16)25-4/h7-13H,6H2,1-5H3/t13-/m0/s1. The second kappa shape index (κ2) is 9.07. The number of carbonyl (C=O) groups is 2. The lowest BCUT2D eigenvalue weighted by molar-refractivity contribution is 0.0315. The van der Waals surface area contributed by atoms with Gasteiger partial charge in [-0.1, -0.05) is 31.2 Å². The molecule has 0 radical (unpaired) electrons. The lowest BCUT2D eigenvalue weighted by Gasteiger charge is -2.17. The average Bonchev–Trinajstić information content (AvgIpc) is 2.71. The Labute approximate surface area is 159 Å². The van der Waals surface area contributed by atoms with Crippen molar-refractivity contribution in [1.82, 2.24) is 0 Å². The smallest absolute Gasteiger partial charge is 0.342 e. The first-order valence-electron chi connectivity index (χ1n) is 8.59. The fourth-order valence-electron chi connectivity index (χ4n) is 2.68. The summed E-state index contributed by atoms with van der Waals surface area (Å²) in [7, 11) is 4.35. The number of hydrogen-bond acceptors (Lipinski definition) is 6. The van der Waals surface area contributed by atoms with E-state index in [1.54, 1.807) is 25.1 Å². The topological polar surface area (TPSA) is 71.1 Å². The van der Waals surface area contributed by atoms with Crippen LogP contribution >= 0.6 is 0 Å². The van der Waals surface area contributed by atoms with E-state index in [1.807, 2.05) is 19.1 Å². The summed E-state index contributed by atoms with van der Waals surface area (Å²) in [5, 5.41) is 0. The van der Waals surface area contributed by atoms with Crippen LogP contribution in [0.3, 0.4) is 0 Å². The summed E-state index contributed by atoms with van der Waals surface area (Å²) in [6.45, 7) is 3.58. The van der Waals surface area contributed by atoms with Gasteiger partial charge < -0.3 is 18.9 Å². The molecule has 0 heterocycles. The van der Waals surface area contributed by atoms with Gasteiger partial charge in [-0.3, -0.25) is 4.79 Å². The summed E-state index contributed by atoms with van der Waals surface area (Å²) in [5.41, 5.74) is 1.77. The number of ketones is 1. The second-order valence-electron chi connectivity index (χ2n) is 5.84. The minimum Gasteiger partial charge on any atom is -0.493 e. The maximum absolute atomic E-state index is 12.6. The highest BCUT2D eigenvalue weighted by molar-refractivity contribution is 6.02. The lowest BCUT2D eigenvalue weighted by Crippen LogP contribution is -2.24. The Bertz CT molecular complexity index is 810. The van der Waals surface area contributed by atoms with Gasteiger partial charge in [-0.25, -0.2) is 4.79 Å². The molecule has 0 saturated carbocycles. The maximum Gasteiger partial charge on any atom is 0.342 e. The normalized spacial score (nSPS) is 11.4. The number of benzene rings is 2. The molecule has 0 fully saturated rings. The average molecular weight is 372 g/mol. The lowest BCUT2D eigenvalue weighted by atomic mass is 10.0. The van der Waals surface area contributed by atoms with Crippen molar-refractivity contribution in [2.45, 2.75) is 26.4 Å². The number of hydrogen-bond donors (Lipinski definition) is 0. The first-order valence-corrected chi connectivity index (χ1v) is 8.59. The zero-order valence-corrected chi connectivity index (χ0v) is 16.2. The molecule has 0 aromatic heterocycles. The van der Waals surface area contributed by atoms with Crippen LogP contribution in [-0.4, -0.2) is 39.2 Å². The molecule has 6 nitrogen and oxygen atoms in total. The zero-order valence-electron chi connectivity index (χ0n) is 16.2. The molecular formula is C21H24O6. The van der Waals surface area contributed by atoms with Crippen LogP contribution < -0.4 is 14.2 Å². The predicted octanol–water partition coefficient (Wildman–Crippen LogP) is 3.70. The fraction of sp³-hybridized carbons (Fsp3) is 0.333. The Morgan fingerprint density at radius 2 is 1.52 bits per heavy atom. The van der Waals surface area contributed by atoms with Gasteiger partial charge in [-0.05, 0) is 31.0 Å². The molecule has 27 heavy (non-hydrogen) atoms. The molecule has 1 atom stereocenters. The third-order valence-electron chi connectivity index (χ3n) is 4.22. The summed E-state index contributed by atoms with van der Waals surface area (Å²) < 4.78 is 21.1. The summed E-state index contributed by atoms with van der Waals surface area (Å²) in [6.07, 6.45) is -0.0549. The summed E-state index contributed by atoms with van der Waals surface area (Å²) in [4.78, 5) is 25.1. The quantitative estimate of drug-likeness (QED) is 0.520. The van der Waals surface area contributed by atoms with Gasteiger partial charge in [-0.2, -0.15) is 0 Å². The number of rotatable bonds is 8. The maximum atomic E-state index is 12.6. The van der Waals surface area contributed by atoms with Gasteiger partial charge in [0.2, 0.25) is 11.5 Å². The molecule has 0 amide bonds. The second-order valence-corrected chi connectivity index (χ2v) is 5.84. The molecule has 0 aliphatic rings. The first-order chi connectivity index (χ1) is 13.0. The minimum absolute atomic E-state index is 0.149. The van der Waals surface area contributed by atoms with Gasteiger partial charge in [0, 0.05) is 5.56 Å². The number of methoxy groups -OCH3 is 3. The van der Waals surface area contributed by atoms with Crippen LogP contribution in [0.5, 0.6) is 17.2 Å². The Hall–Kier alpha value is -3.02. The summed E-state index contributed by atoms with van der Waals surface area (Å²) in [5.74, 6) is -0.0623. The largest absolute Gasteiger partial charge is 0.493 e. The molecule has 0 aliphatic heterocycles. The molecule has 0 bridgehead atoms. The van der Waals surface area contributed by atoms with Crippen LogP contribution in [0, 0.1) is 0 Å². The van der Waals surface area contributed by atoms with Crippen molar-refractivity contribution in [3.05, 3.63) is 53.1 Å². The van der Waals surface area contributed by atoms with E-state index >= 15 is 0 Å². The van der Waals surface area contributed by atoms with Crippen molar-refractivity contribution >= 4 is 11.8 Å². The van der Waals surface area contributed by atoms with Crippen LogP contribution in [0.25, 0.3) is 0 Å². The Kier molecular flexibility index (Phi) is 6.82. The Balaban J connectivity index is 2.21. The Morgan fingerprint density at radius 1 is 0.889 bits per heavy atom. The monoisotopic (exact) mass is 372 g/mol. The van der Waals surface area contributed by atoms with Crippen LogP contribution in [0.1, 0.15) is 40.1 Å². The molecule has 0 spiro atoms. The van der Waals surface area contributed by atoms with Crippen molar-refractivity contribution in [3.63, 3.8) is 0 Å². The highest BCUT2D eigenvalue weighted by atomic mass is 16.6. The fourth-order valence-corrected chi connectivity index (χ4v) is 2.68. The van der Waals surface area contributed by atoms with E-state index in [0.29, 0.717) is 11.3 Å². The number of aryl methyl sites for hydroxylation is 1. The molecule has 144 valence electrons. The SMILES string of the molecule is CCc1ccc(C(=O)[C@H](C)OC(=O)c2ccc(OC)c(OC)c2OC)cc1. The molecular weight excluding hydrogens is 348 g/mol. The van der Waals surface area contributed by atoms with Gasteiger partial charge >= 0.3 is 5.97 Å². The number of Topliss-reactive ketones (excluding diaryl/α,β-unsaturated/α-hetero) is 1. The van der Waals surface area contributed by atoms with Crippen molar-refractivity contribution in [2.24, 2.45) is 0 Å². The zero-order chi connectivity index (χ0) is 20.0. The molecule has 2 aromatic carbocycles. The molecule has 0 aliphatic carbocycles. The van der Waals surface area contributed by atoms with E-state index in [0.717, 1.165) is 12.0 Å². The number of esters is 1. The van der Waals surface area contributed by atoms with Crippen LogP contribution in [0.4, 0.5) is 0 Å². The van der Waals surface area contributed by atoms with Gasteiger partial charge in [0.15, 0.2) is 17.6 Å². The number of carbonyl (C=O) groups excluding carboxylic acids is 2. The van der Waals surface area contributed by atoms with Crippen molar-refractivity contribution < 1.29 is 28.5 Å². The molecule has 0 N–H and O–H groups in total. The highest BCUT2D eigenvalue weighted by Crippen LogP contribution is 2.40. The van der Waals surface area contributed by atoms with Crippen molar-refractivity contribution in [1.29, 1.82) is 0 Å². The van der Waals surface area contributed by atoms with E-state index in [9.17, 15) is 9.59 Å². The predicted molar refractivity (Wildman–Crippen MR) is 101 cm³/mol. The van der Waals surface area contributed by atoms with Gasteiger partial charge in [0.05, 0.1) is 21.3 Å². The molecule has 2 aromatic rings. The van der Waals surface area contributed by atoms with Gasteiger partial charge in [0.25, 0.3) is 0 Å². The molecule has 0 unspecified atom stereocenters. The first kappa shape index (κ1) is 20.3. The molecule has 0 saturated heterocycles. The van der Waals surface area contributed by atoms with E-state index in [-0.39, 0.29) is 22.8 Å². The van der Waals surface area contributed by atoms with Crippen molar-refractivity contribution in [2.75, 3.05) is 21.3 Å². The van der Waals surface area contributed by atoms with Crippen LogP contribution in [-0.2, 0) is 11.2 Å². The van der Waals surface area contributed by atoms with Crippen molar-refractivity contribution in [3.8, 4) is 17.2 Å². The van der Waals surface area contributed by atoms with Gasteiger partial charge in [-0.15, -0.1) is 0 Å².